The Morgan fingerprint density at radius 1 is 1.00 bits per heavy atom. The SMILES string of the molecule is O=C(C=C(Br)[N+](=O)[O-])C=C(Br)[N+](=O)[O-]. The number of hydrogen-bond acceptors (Lipinski definition) is 5. The van der Waals surface area contributed by atoms with E-state index in [0.717, 1.165) is 0 Å². The summed E-state index contributed by atoms with van der Waals surface area (Å²) in [5.74, 6) is -0.864. The van der Waals surface area contributed by atoms with Crippen molar-refractivity contribution in [3.63, 3.8) is 0 Å². The van der Waals surface area contributed by atoms with Gasteiger partial charge in [0.1, 0.15) is 0 Å². The third-order valence-corrected chi connectivity index (χ3v) is 1.91. The van der Waals surface area contributed by atoms with Crippen LogP contribution in [-0.4, -0.2) is 15.6 Å². The number of ketones is 1. The molecule has 0 heterocycles. The third kappa shape index (κ3) is 4.82. The summed E-state index contributed by atoms with van der Waals surface area (Å²) in [6.07, 6.45) is 1.23. The molecule has 7 nitrogen and oxygen atoms in total. The van der Waals surface area contributed by atoms with Crippen LogP contribution in [0.5, 0.6) is 0 Å². The summed E-state index contributed by atoms with van der Waals surface area (Å²) < 4.78 is -1.13. The van der Waals surface area contributed by atoms with Gasteiger partial charge in [0.05, 0.1) is 22.0 Å². The lowest BCUT2D eigenvalue weighted by atomic mass is 10.4. The lowest BCUT2D eigenvalue weighted by Crippen LogP contribution is -1.98. The minimum atomic E-state index is -0.864. The molecule has 0 aromatic carbocycles. The van der Waals surface area contributed by atoms with E-state index in [4.69, 9.17) is 0 Å². The van der Waals surface area contributed by atoms with Crippen molar-refractivity contribution in [3.05, 3.63) is 41.6 Å². The summed E-state index contributed by atoms with van der Waals surface area (Å²) >= 11 is 4.99. The van der Waals surface area contributed by atoms with Crippen LogP contribution < -0.4 is 0 Å². The molecule has 0 spiro atoms. The van der Waals surface area contributed by atoms with Crippen LogP contribution in [0.3, 0.4) is 0 Å². The maximum atomic E-state index is 10.9. The summed E-state index contributed by atoms with van der Waals surface area (Å²) in [5.41, 5.74) is 0. The van der Waals surface area contributed by atoms with Crippen LogP contribution in [0.4, 0.5) is 0 Å². The Balaban J connectivity index is 4.69. The van der Waals surface area contributed by atoms with Gasteiger partial charge in [0.15, 0.2) is 5.78 Å². The van der Waals surface area contributed by atoms with Gasteiger partial charge >= 0.3 is 9.21 Å². The fourth-order valence-corrected chi connectivity index (χ4v) is 0.833. The quantitative estimate of drug-likeness (QED) is 0.337. The van der Waals surface area contributed by atoms with E-state index in [1.54, 1.807) is 0 Å². The number of nitro groups is 2. The van der Waals surface area contributed by atoms with E-state index in [-0.39, 0.29) is 0 Å². The molecule has 0 saturated heterocycles. The van der Waals surface area contributed by atoms with Gasteiger partial charge in [0.2, 0.25) is 0 Å². The molecule has 0 amide bonds. The molecule has 0 fully saturated rings. The van der Waals surface area contributed by atoms with Crippen molar-refractivity contribution < 1.29 is 14.6 Å². The highest BCUT2D eigenvalue weighted by Crippen LogP contribution is 2.08. The fraction of sp³-hybridized carbons (Fsp3) is 0. The molecule has 0 aromatic rings. The molecule has 0 unspecified atom stereocenters. The second-order valence-corrected chi connectivity index (χ2v) is 3.48. The number of rotatable bonds is 4. The van der Waals surface area contributed by atoms with Crippen molar-refractivity contribution in [1.82, 2.24) is 0 Å². The molecular weight excluding hydrogens is 328 g/mol. The molecule has 0 saturated carbocycles. The molecular formula is C5H2Br2N2O5. The van der Waals surface area contributed by atoms with Crippen LogP contribution in [0.2, 0.25) is 0 Å². The van der Waals surface area contributed by atoms with Gasteiger partial charge in [0.25, 0.3) is 0 Å². The van der Waals surface area contributed by atoms with Crippen LogP contribution in [-0.2, 0) is 4.79 Å². The van der Waals surface area contributed by atoms with Gasteiger partial charge in [-0.25, -0.2) is 0 Å². The maximum Gasteiger partial charge on any atom is 0.314 e. The Kier molecular flexibility index (Phi) is 5.16. The van der Waals surface area contributed by atoms with Crippen molar-refractivity contribution in [2.45, 2.75) is 0 Å². The molecule has 0 aliphatic carbocycles. The van der Waals surface area contributed by atoms with Crippen LogP contribution in [0.15, 0.2) is 21.4 Å². The largest absolute Gasteiger partial charge is 0.314 e. The van der Waals surface area contributed by atoms with E-state index in [1.807, 2.05) is 0 Å². The lowest BCUT2D eigenvalue weighted by molar-refractivity contribution is -0.409. The molecule has 0 aromatic heterocycles. The summed E-state index contributed by atoms with van der Waals surface area (Å²) in [6.45, 7) is 0. The van der Waals surface area contributed by atoms with Gasteiger partial charge in [-0.1, -0.05) is 0 Å². The zero-order chi connectivity index (χ0) is 11.3. The Labute approximate surface area is 94.0 Å². The standard InChI is InChI=1S/C5H2Br2N2O5/c6-4(8(11)12)1-3(10)2-5(7)9(13)14/h1-2H. The van der Waals surface area contributed by atoms with Gasteiger partial charge in [-0.05, 0) is 0 Å². The topological polar surface area (TPSA) is 103 Å². The van der Waals surface area contributed by atoms with Gasteiger partial charge in [-0.2, -0.15) is 0 Å². The molecule has 0 N–H and O–H groups in total. The Bertz CT molecular complexity index is 316. The average Bonchev–Trinajstić information content (AvgIpc) is 2.03. The van der Waals surface area contributed by atoms with Crippen molar-refractivity contribution in [2.75, 3.05) is 0 Å². The molecule has 0 aliphatic heterocycles. The highest BCUT2D eigenvalue weighted by atomic mass is 79.9. The minimum absolute atomic E-state index is 0.567. The Morgan fingerprint density at radius 3 is 1.50 bits per heavy atom. The van der Waals surface area contributed by atoms with Gasteiger partial charge in [-0.3, -0.25) is 25.0 Å². The number of carbonyl (C=O) groups excluding carboxylic acids is 1. The first kappa shape index (κ1) is 12.9. The van der Waals surface area contributed by atoms with Crippen LogP contribution >= 0.6 is 31.9 Å². The molecule has 0 atom stereocenters. The van der Waals surface area contributed by atoms with Crippen molar-refractivity contribution >= 4 is 37.6 Å². The molecule has 0 aliphatic rings. The first-order valence-corrected chi connectivity index (χ1v) is 4.50. The van der Waals surface area contributed by atoms with Crippen LogP contribution in [0.25, 0.3) is 0 Å². The lowest BCUT2D eigenvalue weighted by Gasteiger charge is -1.86. The first-order chi connectivity index (χ1) is 6.34. The van der Waals surface area contributed by atoms with Crippen LogP contribution in [0, 0.1) is 20.2 Å². The normalized spacial score (nSPS) is 12.4. The summed E-state index contributed by atoms with van der Waals surface area (Å²) in [7, 11) is 0. The fourth-order valence-electron chi connectivity index (χ4n) is 0.382. The Hall–Kier alpha value is -1.09. The monoisotopic (exact) mass is 328 g/mol. The molecule has 9 heteroatoms. The number of nitrogens with zero attached hydrogens (tertiary/aromatic N) is 2. The van der Waals surface area contributed by atoms with E-state index in [9.17, 15) is 25.0 Å². The summed E-state index contributed by atoms with van der Waals surface area (Å²) in [5, 5.41) is 20.1. The zero-order valence-electron chi connectivity index (χ0n) is 6.35. The van der Waals surface area contributed by atoms with E-state index in [1.165, 1.54) is 0 Å². The second kappa shape index (κ2) is 5.60. The van der Waals surface area contributed by atoms with Crippen molar-refractivity contribution in [3.8, 4) is 0 Å². The maximum absolute atomic E-state index is 10.9. The van der Waals surface area contributed by atoms with Gasteiger partial charge in [-0.15, -0.1) is 0 Å². The molecule has 14 heavy (non-hydrogen) atoms. The van der Waals surface area contributed by atoms with E-state index >= 15 is 0 Å². The molecule has 0 radical (unpaired) electrons. The number of halogens is 2. The predicted octanol–water partition coefficient (Wildman–Crippen LogP) is 1.58. The summed E-state index contributed by atoms with van der Waals surface area (Å²) in [6, 6.07) is 0. The zero-order valence-corrected chi connectivity index (χ0v) is 9.52. The van der Waals surface area contributed by atoms with Crippen molar-refractivity contribution in [1.29, 1.82) is 0 Å². The third-order valence-electron chi connectivity index (χ3n) is 0.872. The summed E-state index contributed by atoms with van der Waals surface area (Å²) in [4.78, 5) is 29.2. The minimum Gasteiger partial charge on any atom is -0.289 e. The van der Waals surface area contributed by atoms with E-state index in [0.29, 0.717) is 12.2 Å². The predicted molar refractivity (Wildman–Crippen MR) is 53.0 cm³/mol. The highest BCUT2D eigenvalue weighted by molar-refractivity contribution is 9.11. The Morgan fingerprint density at radius 2 is 1.29 bits per heavy atom. The van der Waals surface area contributed by atoms with E-state index < -0.39 is 24.8 Å². The highest BCUT2D eigenvalue weighted by Gasteiger charge is 2.11. The molecule has 0 rings (SSSR count). The number of hydrogen-bond donors (Lipinski definition) is 0. The second-order valence-electron chi connectivity index (χ2n) is 1.85. The molecule has 76 valence electrons. The number of carbonyl (C=O) groups is 1. The van der Waals surface area contributed by atoms with Crippen molar-refractivity contribution in [2.24, 2.45) is 0 Å². The number of allylic oxidation sites excluding steroid dienone is 2. The van der Waals surface area contributed by atoms with Gasteiger partial charge in [0, 0.05) is 31.9 Å². The first-order valence-electron chi connectivity index (χ1n) is 2.91. The smallest absolute Gasteiger partial charge is 0.289 e. The van der Waals surface area contributed by atoms with Gasteiger partial charge < -0.3 is 0 Å². The average molecular weight is 330 g/mol. The van der Waals surface area contributed by atoms with Crippen LogP contribution in [0.1, 0.15) is 0 Å². The van der Waals surface area contributed by atoms with E-state index in [2.05, 4.69) is 31.9 Å². The molecule has 0 bridgehead atoms.